The van der Waals surface area contributed by atoms with E-state index >= 15 is 0 Å². The van der Waals surface area contributed by atoms with Gasteiger partial charge >= 0.3 is 5.97 Å². The fourth-order valence-corrected chi connectivity index (χ4v) is 7.77. The largest absolute Gasteiger partial charge is 0.483 e. The van der Waals surface area contributed by atoms with Crippen molar-refractivity contribution in [2.45, 2.75) is 110 Å². The van der Waals surface area contributed by atoms with E-state index in [4.69, 9.17) is 18.9 Å². The molecule has 258 valence electrons. The van der Waals surface area contributed by atoms with Crippen LogP contribution >= 0.6 is 0 Å². The summed E-state index contributed by atoms with van der Waals surface area (Å²) in [4.78, 5) is 28.8. The van der Waals surface area contributed by atoms with Gasteiger partial charge in [0.05, 0.1) is 18.9 Å². The number of carbonyl (C=O) groups excluding carboxylic acids is 1. The van der Waals surface area contributed by atoms with Crippen molar-refractivity contribution in [1.29, 1.82) is 0 Å². The Bertz CT molecular complexity index is 1650. The van der Waals surface area contributed by atoms with Crippen molar-refractivity contribution in [2.75, 3.05) is 13.2 Å². The van der Waals surface area contributed by atoms with E-state index < -0.39 is 29.0 Å². The zero-order valence-electron chi connectivity index (χ0n) is 29.3. The first kappa shape index (κ1) is 34.4. The number of carbonyl (C=O) groups is 1. The second-order valence-electron chi connectivity index (χ2n) is 15.5. The lowest BCUT2D eigenvalue weighted by molar-refractivity contribution is -0.306. The number of hydrogen-bond donors (Lipinski definition) is 1. The van der Waals surface area contributed by atoms with E-state index in [1.165, 1.54) is 5.56 Å². The highest BCUT2D eigenvalue weighted by atomic mass is 16.7. The summed E-state index contributed by atoms with van der Waals surface area (Å²) in [6.45, 7) is 13.8. The highest BCUT2D eigenvalue weighted by molar-refractivity contribution is 5.82. The van der Waals surface area contributed by atoms with E-state index in [2.05, 4.69) is 46.8 Å². The Balaban J connectivity index is 1.39. The molecule has 2 aromatic carbocycles. The van der Waals surface area contributed by atoms with Crippen LogP contribution in [0.25, 0.3) is 0 Å². The maximum Gasteiger partial charge on any atom is 0.343 e. The summed E-state index contributed by atoms with van der Waals surface area (Å²) in [6.07, 6.45) is 2.61. The number of benzene rings is 2. The number of rotatable bonds is 9. The van der Waals surface area contributed by atoms with Gasteiger partial charge in [-0.1, -0.05) is 109 Å². The van der Waals surface area contributed by atoms with Crippen molar-refractivity contribution < 1.29 is 28.8 Å². The molecule has 48 heavy (non-hydrogen) atoms. The van der Waals surface area contributed by atoms with Gasteiger partial charge in [0.15, 0.2) is 11.4 Å². The van der Waals surface area contributed by atoms with Crippen molar-refractivity contribution in [3.63, 3.8) is 0 Å². The van der Waals surface area contributed by atoms with Crippen LogP contribution in [0.5, 0.6) is 5.75 Å². The molecule has 1 spiro atoms. The summed E-state index contributed by atoms with van der Waals surface area (Å²) in [5.74, 6) is -1.58. The maximum atomic E-state index is 14.5. The lowest BCUT2D eigenvalue weighted by Gasteiger charge is -2.44. The molecule has 1 aromatic heterocycles. The first-order chi connectivity index (χ1) is 22.8. The van der Waals surface area contributed by atoms with E-state index in [9.17, 15) is 14.7 Å². The van der Waals surface area contributed by atoms with Crippen molar-refractivity contribution in [3.8, 4) is 5.75 Å². The van der Waals surface area contributed by atoms with Gasteiger partial charge in [-0.05, 0) is 47.8 Å². The Morgan fingerprint density at radius 2 is 1.67 bits per heavy atom. The first-order valence-corrected chi connectivity index (χ1v) is 17.5. The number of aromatic nitrogens is 1. The van der Waals surface area contributed by atoms with E-state index in [1.54, 1.807) is 17.6 Å². The van der Waals surface area contributed by atoms with Crippen LogP contribution in [-0.4, -0.2) is 35.0 Å². The minimum Gasteiger partial charge on any atom is -0.483 e. The molecular weight excluding hydrogens is 606 g/mol. The normalized spacial score (nSPS) is 24.4. The highest BCUT2D eigenvalue weighted by Gasteiger charge is 2.52. The van der Waals surface area contributed by atoms with Gasteiger partial charge in [-0.15, -0.1) is 0 Å². The second kappa shape index (κ2) is 13.1. The quantitative estimate of drug-likeness (QED) is 0.248. The molecule has 2 aliphatic heterocycles. The molecule has 0 unspecified atom stereocenters. The van der Waals surface area contributed by atoms with Crippen molar-refractivity contribution in [2.24, 2.45) is 17.3 Å². The topological polar surface area (TPSA) is 96.2 Å². The van der Waals surface area contributed by atoms with Crippen molar-refractivity contribution in [1.82, 2.24) is 4.57 Å². The van der Waals surface area contributed by atoms with Crippen LogP contribution in [0, 0.1) is 17.3 Å². The van der Waals surface area contributed by atoms with Crippen molar-refractivity contribution >= 4 is 5.97 Å². The second-order valence-corrected chi connectivity index (χ2v) is 15.5. The molecule has 0 bridgehead atoms. The molecule has 1 aliphatic carbocycles. The number of hydrogen-bond acceptors (Lipinski definition) is 7. The summed E-state index contributed by atoms with van der Waals surface area (Å²) < 4.78 is 27.0. The van der Waals surface area contributed by atoms with Crippen LogP contribution in [0.2, 0.25) is 0 Å². The first-order valence-electron chi connectivity index (χ1n) is 17.5. The zero-order chi connectivity index (χ0) is 34.3. The molecule has 3 aromatic rings. The molecule has 1 N–H and O–H groups in total. The lowest BCUT2D eigenvalue weighted by atomic mass is 9.64. The average Bonchev–Trinajstić information content (AvgIpc) is 3.44. The fraction of sp³-hybridized carbons (Fsp3) is 0.550. The van der Waals surface area contributed by atoms with E-state index in [-0.39, 0.29) is 41.1 Å². The minimum atomic E-state index is -2.15. The third kappa shape index (κ3) is 6.35. The minimum absolute atomic E-state index is 0.0206. The summed E-state index contributed by atoms with van der Waals surface area (Å²) in [6, 6.07) is 21.5. The summed E-state index contributed by atoms with van der Waals surface area (Å²) in [5, 5.41) is 12.5. The van der Waals surface area contributed by atoms with Crippen LogP contribution in [0.1, 0.15) is 96.0 Å². The van der Waals surface area contributed by atoms with Crippen LogP contribution in [0.4, 0.5) is 0 Å². The molecule has 8 heteroatoms. The van der Waals surface area contributed by atoms with Gasteiger partial charge in [0, 0.05) is 29.9 Å². The number of fused-ring (bicyclic) bond motifs is 2. The summed E-state index contributed by atoms with van der Waals surface area (Å²) >= 11 is 0. The van der Waals surface area contributed by atoms with Gasteiger partial charge < -0.3 is 28.6 Å². The van der Waals surface area contributed by atoms with Gasteiger partial charge in [-0.25, -0.2) is 4.79 Å². The Labute approximate surface area is 284 Å². The SMILES string of the molecule is CC[C@@](O)(C(=O)O[C@H]1C[C@@H](C)CC[C@@H]1C(C)(C)c1ccccc1)c1cc2n(c(=O)c1OCc1ccccc1)CCC21OCC(C)(C)CO1. The Hall–Kier alpha value is -3.46. The molecule has 8 nitrogen and oxygen atoms in total. The number of nitrogens with zero attached hydrogens (tertiary/aromatic N) is 1. The van der Waals surface area contributed by atoms with Crippen LogP contribution in [0.15, 0.2) is 71.5 Å². The molecule has 3 heterocycles. The Morgan fingerprint density at radius 3 is 2.31 bits per heavy atom. The Kier molecular flexibility index (Phi) is 9.39. The molecule has 3 aliphatic rings. The molecule has 0 amide bonds. The molecule has 1 saturated heterocycles. The van der Waals surface area contributed by atoms with Gasteiger partial charge in [-0.2, -0.15) is 0 Å². The van der Waals surface area contributed by atoms with Gasteiger partial charge in [0.1, 0.15) is 12.7 Å². The van der Waals surface area contributed by atoms with Crippen LogP contribution < -0.4 is 10.3 Å². The van der Waals surface area contributed by atoms with Gasteiger partial charge in [0.2, 0.25) is 5.79 Å². The van der Waals surface area contributed by atoms with Gasteiger partial charge in [0.25, 0.3) is 5.56 Å². The smallest absolute Gasteiger partial charge is 0.343 e. The molecule has 0 radical (unpaired) electrons. The predicted molar refractivity (Wildman–Crippen MR) is 183 cm³/mol. The molecule has 4 atom stereocenters. The third-order valence-electron chi connectivity index (χ3n) is 11.0. The zero-order valence-corrected chi connectivity index (χ0v) is 29.3. The summed E-state index contributed by atoms with van der Waals surface area (Å²) in [5.41, 5.74) is -0.431. The Morgan fingerprint density at radius 1 is 1.02 bits per heavy atom. The molecule has 2 fully saturated rings. The van der Waals surface area contributed by atoms with Crippen molar-refractivity contribution in [3.05, 3.63) is 99.5 Å². The maximum absolute atomic E-state index is 14.5. The fourth-order valence-electron chi connectivity index (χ4n) is 7.77. The predicted octanol–water partition coefficient (Wildman–Crippen LogP) is 6.98. The number of aliphatic hydroxyl groups is 1. The number of pyridine rings is 1. The van der Waals surface area contributed by atoms with Crippen LogP contribution in [-0.2, 0) is 49.0 Å². The molecule has 1 saturated carbocycles. The summed E-state index contributed by atoms with van der Waals surface area (Å²) in [7, 11) is 0. The van der Waals surface area contributed by atoms with E-state index in [0.29, 0.717) is 44.2 Å². The molecular formula is C40H51NO7. The molecule has 6 rings (SSSR count). The third-order valence-corrected chi connectivity index (χ3v) is 11.0. The van der Waals surface area contributed by atoms with Gasteiger partial charge in [-0.3, -0.25) is 4.79 Å². The standard InChI is InChI=1S/C40H51NO7/c1-7-39(44,36(43)48-32-22-27(2)18-19-30(32)38(5,6)29-16-12-9-13-17-29)31-23-33-40(46-25-37(3,4)26-47-40)20-21-41(33)35(42)34(31)45-24-28-14-10-8-11-15-28/h8-17,23,27,30,32,44H,7,18-22,24-26H2,1-6H3/t27-,30-,32-,39-/m0/s1. The van der Waals surface area contributed by atoms with E-state index in [0.717, 1.165) is 18.4 Å². The highest BCUT2D eigenvalue weighted by Crippen LogP contribution is 2.47. The monoisotopic (exact) mass is 657 g/mol. The average molecular weight is 658 g/mol. The van der Waals surface area contributed by atoms with E-state index in [1.807, 2.05) is 48.5 Å². The van der Waals surface area contributed by atoms with Crippen LogP contribution in [0.3, 0.4) is 0 Å². The number of ether oxygens (including phenoxy) is 4. The number of esters is 1. The lowest BCUT2D eigenvalue weighted by Crippen LogP contribution is -2.48.